The van der Waals surface area contributed by atoms with E-state index in [9.17, 15) is 8.78 Å². The van der Waals surface area contributed by atoms with Crippen LogP contribution in [0.4, 0.5) is 31.9 Å². The van der Waals surface area contributed by atoms with Gasteiger partial charge in [0, 0.05) is 49.8 Å². The van der Waals surface area contributed by atoms with Crippen LogP contribution in [-0.4, -0.2) is 53.0 Å². The molecule has 31 heavy (non-hydrogen) atoms. The number of rotatable bonds is 6. The first-order chi connectivity index (χ1) is 15.0. The predicted molar refractivity (Wildman–Crippen MR) is 119 cm³/mol. The van der Waals surface area contributed by atoms with Gasteiger partial charge in [0.25, 0.3) is 0 Å². The van der Waals surface area contributed by atoms with Gasteiger partial charge in [-0.2, -0.15) is 0 Å². The van der Waals surface area contributed by atoms with Crippen molar-refractivity contribution in [3.05, 3.63) is 30.2 Å². The summed E-state index contributed by atoms with van der Waals surface area (Å²) >= 11 is 0. The summed E-state index contributed by atoms with van der Waals surface area (Å²) in [7, 11) is 0. The molecule has 166 valence electrons. The van der Waals surface area contributed by atoms with E-state index in [0.717, 1.165) is 17.2 Å². The van der Waals surface area contributed by atoms with Crippen molar-refractivity contribution >= 4 is 23.1 Å². The molecule has 2 saturated heterocycles. The Kier molecular flexibility index (Phi) is 5.40. The standard InChI is InChI=1S/C23H30F2N6/c1-2-23(25)7-10-31(15-23)22-12-18(30-8-5-17(24)6-9-30)11-20(29-22)28-21-14-26-19(13-27-21)16-3-4-16/h11-14,16-17H,2-10,15H2,1H3,(H,27,28,29). The number of aromatic nitrogens is 3. The highest BCUT2D eigenvalue weighted by atomic mass is 19.1. The molecule has 1 N–H and O–H groups in total. The van der Waals surface area contributed by atoms with Crippen LogP contribution < -0.4 is 15.1 Å². The third kappa shape index (κ3) is 4.57. The molecule has 1 atom stereocenters. The molecule has 4 heterocycles. The van der Waals surface area contributed by atoms with Gasteiger partial charge < -0.3 is 15.1 Å². The molecule has 2 aliphatic heterocycles. The number of nitrogens with one attached hydrogen (secondary N) is 1. The van der Waals surface area contributed by atoms with E-state index in [1.165, 1.54) is 12.8 Å². The minimum absolute atomic E-state index is 0.349. The van der Waals surface area contributed by atoms with Gasteiger partial charge in [-0.05, 0) is 32.1 Å². The van der Waals surface area contributed by atoms with Crippen molar-refractivity contribution in [1.82, 2.24) is 15.0 Å². The van der Waals surface area contributed by atoms with Crippen molar-refractivity contribution in [2.75, 3.05) is 41.3 Å². The minimum atomic E-state index is -1.16. The maximum atomic E-state index is 14.9. The zero-order valence-electron chi connectivity index (χ0n) is 18.0. The first-order valence-corrected chi connectivity index (χ1v) is 11.5. The molecule has 8 heteroatoms. The fourth-order valence-corrected chi connectivity index (χ4v) is 4.46. The Bertz CT molecular complexity index is 911. The van der Waals surface area contributed by atoms with E-state index >= 15 is 0 Å². The average molecular weight is 429 g/mol. The largest absolute Gasteiger partial charge is 0.371 e. The number of hydrogen-bond donors (Lipinski definition) is 1. The predicted octanol–water partition coefficient (Wildman–Crippen LogP) is 4.76. The molecule has 6 nitrogen and oxygen atoms in total. The summed E-state index contributed by atoms with van der Waals surface area (Å²) in [6.07, 6.45) is 7.29. The van der Waals surface area contributed by atoms with E-state index in [-0.39, 0.29) is 0 Å². The summed E-state index contributed by atoms with van der Waals surface area (Å²) in [6, 6.07) is 3.98. The molecule has 2 aromatic heterocycles. The lowest BCUT2D eigenvalue weighted by atomic mass is 10.0. The highest BCUT2D eigenvalue weighted by Gasteiger charge is 2.37. The van der Waals surface area contributed by atoms with Crippen LogP contribution in [0.5, 0.6) is 0 Å². The lowest BCUT2D eigenvalue weighted by molar-refractivity contribution is 0.186. The normalized spacial score (nSPS) is 24.6. The third-order valence-corrected chi connectivity index (χ3v) is 6.77. The second kappa shape index (κ2) is 8.20. The molecule has 2 aromatic rings. The minimum Gasteiger partial charge on any atom is -0.371 e. The number of nitrogens with zero attached hydrogens (tertiary/aromatic N) is 5. The van der Waals surface area contributed by atoms with Gasteiger partial charge in [-0.15, -0.1) is 0 Å². The van der Waals surface area contributed by atoms with Crippen LogP contribution in [0.1, 0.15) is 57.1 Å². The molecule has 1 aliphatic carbocycles. The number of pyridine rings is 1. The van der Waals surface area contributed by atoms with Crippen molar-refractivity contribution in [3.63, 3.8) is 0 Å². The summed E-state index contributed by atoms with van der Waals surface area (Å²) in [6.45, 7) is 4.22. The molecule has 0 spiro atoms. The quantitative estimate of drug-likeness (QED) is 0.716. The Morgan fingerprint density at radius 3 is 2.48 bits per heavy atom. The SMILES string of the molecule is CCC1(F)CCN(c2cc(N3CCC(F)CC3)cc(Nc3cnc(C4CC4)cn3)n2)C1. The van der Waals surface area contributed by atoms with Crippen LogP contribution in [0.2, 0.25) is 0 Å². The van der Waals surface area contributed by atoms with Crippen LogP contribution in [-0.2, 0) is 0 Å². The van der Waals surface area contributed by atoms with Gasteiger partial charge >= 0.3 is 0 Å². The van der Waals surface area contributed by atoms with Crippen molar-refractivity contribution in [1.29, 1.82) is 0 Å². The lowest BCUT2D eigenvalue weighted by Crippen LogP contribution is -2.34. The highest BCUT2D eigenvalue weighted by Crippen LogP contribution is 2.39. The second-order valence-electron chi connectivity index (χ2n) is 9.13. The van der Waals surface area contributed by atoms with E-state index in [2.05, 4.69) is 20.2 Å². The van der Waals surface area contributed by atoms with Gasteiger partial charge in [0.15, 0.2) is 0 Å². The number of anilines is 4. The molecule has 0 amide bonds. The Morgan fingerprint density at radius 1 is 1.03 bits per heavy atom. The summed E-state index contributed by atoms with van der Waals surface area (Å²) in [5.41, 5.74) is 0.856. The van der Waals surface area contributed by atoms with Gasteiger partial charge in [-0.3, -0.25) is 4.98 Å². The van der Waals surface area contributed by atoms with Crippen LogP contribution in [0, 0.1) is 0 Å². The monoisotopic (exact) mass is 428 g/mol. The lowest BCUT2D eigenvalue weighted by Gasteiger charge is -2.31. The number of piperidine rings is 1. The molecule has 0 radical (unpaired) electrons. The molecule has 3 aliphatic rings. The average Bonchev–Trinajstić information content (AvgIpc) is 3.56. The molecule has 5 rings (SSSR count). The fraction of sp³-hybridized carbons (Fsp3) is 0.609. The van der Waals surface area contributed by atoms with Gasteiger partial charge in [0.1, 0.15) is 29.3 Å². The number of alkyl halides is 2. The Labute approximate surface area is 182 Å². The number of hydrogen-bond acceptors (Lipinski definition) is 6. The first-order valence-electron chi connectivity index (χ1n) is 11.5. The van der Waals surface area contributed by atoms with Crippen LogP contribution >= 0.6 is 0 Å². The maximum Gasteiger partial charge on any atom is 0.150 e. The van der Waals surface area contributed by atoms with Gasteiger partial charge in [-0.25, -0.2) is 18.7 Å². The summed E-state index contributed by atoms with van der Waals surface area (Å²) in [4.78, 5) is 18.0. The van der Waals surface area contributed by atoms with Gasteiger partial charge in [0.2, 0.25) is 0 Å². The van der Waals surface area contributed by atoms with Crippen molar-refractivity contribution < 1.29 is 8.78 Å². The Balaban J connectivity index is 1.41. The van der Waals surface area contributed by atoms with E-state index in [1.54, 1.807) is 6.20 Å². The maximum absolute atomic E-state index is 14.9. The van der Waals surface area contributed by atoms with Gasteiger partial charge in [-0.1, -0.05) is 6.92 Å². The third-order valence-electron chi connectivity index (χ3n) is 6.77. The van der Waals surface area contributed by atoms with Crippen LogP contribution in [0.3, 0.4) is 0 Å². The molecule has 1 unspecified atom stereocenters. The zero-order chi connectivity index (χ0) is 21.4. The van der Waals surface area contributed by atoms with E-state index < -0.39 is 11.8 Å². The smallest absolute Gasteiger partial charge is 0.150 e. The van der Waals surface area contributed by atoms with Crippen molar-refractivity contribution in [2.45, 2.75) is 63.2 Å². The highest BCUT2D eigenvalue weighted by molar-refractivity contribution is 5.65. The van der Waals surface area contributed by atoms with E-state index in [4.69, 9.17) is 4.98 Å². The van der Waals surface area contributed by atoms with Crippen LogP contribution in [0.15, 0.2) is 24.5 Å². The number of halogens is 2. The topological polar surface area (TPSA) is 57.2 Å². The summed E-state index contributed by atoms with van der Waals surface area (Å²) in [5.74, 6) is 2.59. The van der Waals surface area contributed by atoms with Crippen LogP contribution in [0.25, 0.3) is 0 Å². The van der Waals surface area contributed by atoms with E-state index in [0.29, 0.717) is 69.4 Å². The molecule has 0 aromatic carbocycles. The van der Waals surface area contributed by atoms with Crippen molar-refractivity contribution in [2.24, 2.45) is 0 Å². The molecule has 3 fully saturated rings. The van der Waals surface area contributed by atoms with Gasteiger partial charge in [0.05, 0.1) is 24.6 Å². The summed E-state index contributed by atoms with van der Waals surface area (Å²) in [5, 5.41) is 3.27. The first kappa shape index (κ1) is 20.4. The molecular formula is C23H30F2N6. The molecule has 1 saturated carbocycles. The fourth-order valence-electron chi connectivity index (χ4n) is 4.46. The second-order valence-corrected chi connectivity index (χ2v) is 9.13. The Morgan fingerprint density at radius 2 is 1.84 bits per heavy atom. The molecular weight excluding hydrogens is 398 g/mol. The Hall–Kier alpha value is -2.51. The zero-order valence-corrected chi connectivity index (χ0v) is 18.0. The summed E-state index contributed by atoms with van der Waals surface area (Å²) < 4.78 is 28.5. The van der Waals surface area contributed by atoms with Crippen molar-refractivity contribution in [3.8, 4) is 0 Å². The van der Waals surface area contributed by atoms with E-state index in [1.807, 2.05) is 30.2 Å². The molecule has 0 bridgehead atoms.